The van der Waals surface area contributed by atoms with Gasteiger partial charge in [-0.1, -0.05) is 82.1 Å². The van der Waals surface area contributed by atoms with Gasteiger partial charge in [-0.15, -0.1) is 0 Å². The van der Waals surface area contributed by atoms with Crippen molar-refractivity contribution >= 4 is 0 Å². The zero-order chi connectivity index (χ0) is 18.7. The molecular formula is C24H48. The van der Waals surface area contributed by atoms with E-state index in [4.69, 9.17) is 0 Å². The summed E-state index contributed by atoms with van der Waals surface area (Å²) in [6, 6.07) is 0. The maximum Gasteiger partial charge on any atom is -0.0323 e. The fourth-order valence-corrected chi connectivity index (χ4v) is 5.48. The van der Waals surface area contributed by atoms with E-state index in [1.54, 1.807) is 0 Å². The molecule has 1 fully saturated rings. The maximum atomic E-state index is 2.54. The van der Waals surface area contributed by atoms with Crippen LogP contribution in [-0.2, 0) is 0 Å². The molecule has 0 heterocycles. The lowest BCUT2D eigenvalue weighted by Crippen LogP contribution is -2.23. The van der Waals surface area contributed by atoms with Gasteiger partial charge in [0.25, 0.3) is 0 Å². The molecule has 0 nitrogen and oxygen atoms in total. The second kappa shape index (κ2) is 9.09. The highest BCUT2D eigenvalue weighted by Gasteiger charge is 2.52. The van der Waals surface area contributed by atoms with Crippen LogP contribution in [0, 0.1) is 52.8 Å². The predicted molar refractivity (Wildman–Crippen MR) is 110 cm³/mol. The first kappa shape index (κ1) is 22.0. The molecule has 0 aliphatic heterocycles. The Balaban J connectivity index is 2.69. The Morgan fingerprint density at radius 3 is 1.96 bits per heavy atom. The summed E-state index contributed by atoms with van der Waals surface area (Å²) < 4.78 is 0. The largest absolute Gasteiger partial charge is 0.0654 e. The van der Waals surface area contributed by atoms with Gasteiger partial charge in [-0.25, -0.2) is 0 Å². The molecular weight excluding hydrogens is 288 g/mol. The number of hydrogen-bond donors (Lipinski definition) is 0. The summed E-state index contributed by atoms with van der Waals surface area (Å²) in [5.41, 5.74) is 0.541. The molecule has 24 heavy (non-hydrogen) atoms. The van der Waals surface area contributed by atoms with E-state index in [0.717, 1.165) is 47.3 Å². The zero-order valence-corrected chi connectivity index (χ0v) is 18.7. The lowest BCUT2D eigenvalue weighted by molar-refractivity contribution is 0.181. The smallest absolute Gasteiger partial charge is 0.0323 e. The molecule has 1 aliphatic rings. The van der Waals surface area contributed by atoms with Crippen molar-refractivity contribution in [1.82, 2.24) is 0 Å². The molecule has 0 bridgehead atoms. The van der Waals surface area contributed by atoms with Crippen LogP contribution in [0.2, 0.25) is 0 Å². The third kappa shape index (κ3) is 5.77. The Kier molecular flexibility index (Phi) is 8.35. The molecule has 0 aromatic heterocycles. The van der Waals surface area contributed by atoms with Gasteiger partial charge in [0.1, 0.15) is 0 Å². The number of rotatable bonds is 11. The summed E-state index contributed by atoms with van der Waals surface area (Å²) in [7, 11) is 0. The molecule has 0 N–H and O–H groups in total. The fourth-order valence-electron chi connectivity index (χ4n) is 5.48. The normalized spacial score (nSPS) is 29.4. The Hall–Kier alpha value is 0. The first-order valence-corrected chi connectivity index (χ1v) is 11.1. The summed E-state index contributed by atoms with van der Waals surface area (Å²) in [6.07, 6.45) is 6.94. The molecule has 1 saturated carbocycles. The van der Waals surface area contributed by atoms with Crippen LogP contribution in [0.4, 0.5) is 0 Å². The fraction of sp³-hybridized carbons (Fsp3) is 1.00. The van der Waals surface area contributed by atoms with Gasteiger partial charge >= 0.3 is 0 Å². The molecule has 0 aromatic rings. The van der Waals surface area contributed by atoms with E-state index in [1.165, 1.54) is 32.1 Å². The molecule has 144 valence electrons. The van der Waals surface area contributed by atoms with Crippen molar-refractivity contribution in [3.8, 4) is 0 Å². The average molecular weight is 337 g/mol. The average Bonchev–Trinajstić information content (AvgIpc) is 3.10. The quantitative estimate of drug-likeness (QED) is 0.358. The van der Waals surface area contributed by atoms with Crippen LogP contribution in [0.1, 0.15) is 101 Å². The molecule has 0 spiro atoms. The van der Waals surface area contributed by atoms with Crippen LogP contribution < -0.4 is 0 Å². The molecule has 0 amide bonds. The van der Waals surface area contributed by atoms with E-state index in [2.05, 4.69) is 69.2 Å². The van der Waals surface area contributed by atoms with Gasteiger partial charge in [-0.05, 0) is 72.0 Å². The van der Waals surface area contributed by atoms with E-state index < -0.39 is 0 Å². The molecule has 0 heteroatoms. The van der Waals surface area contributed by atoms with Gasteiger partial charge in [0.15, 0.2) is 0 Å². The van der Waals surface area contributed by atoms with Crippen molar-refractivity contribution < 1.29 is 0 Å². The molecule has 0 radical (unpaired) electrons. The Bertz CT molecular complexity index is 353. The van der Waals surface area contributed by atoms with Crippen LogP contribution in [0.3, 0.4) is 0 Å². The van der Waals surface area contributed by atoms with Crippen LogP contribution in [0.5, 0.6) is 0 Å². The van der Waals surface area contributed by atoms with E-state index in [1.807, 2.05) is 0 Å². The monoisotopic (exact) mass is 336 g/mol. The lowest BCUT2D eigenvalue weighted by Gasteiger charge is -2.32. The van der Waals surface area contributed by atoms with Gasteiger partial charge in [0.05, 0.1) is 0 Å². The van der Waals surface area contributed by atoms with Crippen molar-refractivity contribution in [3.05, 3.63) is 0 Å². The standard InChI is InChI=1S/C24H48/c1-11-13-24(9,10)15-22-20(8)23(22)21(16(3)4)14-18(6)19(7)17(5)12-2/h16-23H,11-15H2,1-10H3. The van der Waals surface area contributed by atoms with E-state index in [9.17, 15) is 0 Å². The van der Waals surface area contributed by atoms with Crippen LogP contribution in [0.15, 0.2) is 0 Å². The highest BCUT2D eigenvalue weighted by Crippen LogP contribution is 2.59. The molecule has 1 rings (SSSR count). The zero-order valence-electron chi connectivity index (χ0n) is 18.7. The summed E-state index contributed by atoms with van der Waals surface area (Å²) in [6.45, 7) is 24.6. The SMILES string of the molecule is CCCC(C)(C)CC1C(C)C1C(CC(C)C(C)C(C)CC)C(C)C. The molecule has 7 unspecified atom stereocenters. The highest BCUT2D eigenvalue weighted by atomic mass is 14.6. The first-order chi connectivity index (χ1) is 11.1. The van der Waals surface area contributed by atoms with Crippen molar-refractivity contribution in [2.45, 2.75) is 101 Å². The van der Waals surface area contributed by atoms with Crippen LogP contribution in [0.25, 0.3) is 0 Å². The Labute approximate surface area is 154 Å². The van der Waals surface area contributed by atoms with E-state index >= 15 is 0 Å². The molecule has 1 aliphatic carbocycles. The number of hydrogen-bond acceptors (Lipinski definition) is 0. The second-order valence-corrected chi connectivity index (χ2v) is 10.6. The minimum Gasteiger partial charge on any atom is -0.0654 e. The van der Waals surface area contributed by atoms with Gasteiger partial charge in [0.2, 0.25) is 0 Å². The van der Waals surface area contributed by atoms with Gasteiger partial charge < -0.3 is 0 Å². The van der Waals surface area contributed by atoms with Crippen LogP contribution >= 0.6 is 0 Å². The predicted octanol–water partition coefficient (Wildman–Crippen LogP) is 8.07. The molecule has 0 saturated heterocycles. The van der Waals surface area contributed by atoms with Gasteiger partial charge in [-0.2, -0.15) is 0 Å². The lowest BCUT2D eigenvalue weighted by atomic mass is 9.74. The third-order valence-electron chi connectivity index (χ3n) is 7.78. The first-order valence-electron chi connectivity index (χ1n) is 11.1. The maximum absolute atomic E-state index is 2.54. The van der Waals surface area contributed by atoms with Crippen molar-refractivity contribution in [1.29, 1.82) is 0 Å². The van der Waals surface area contributed by atoms with Crippen molar-refractivity contribution in [2.75, 3.05) is 0 Å². The Morgan fingerprint density at radius 1 is 0.917 bits per heavy atom. The minimum absolute atomic E-state index is 0.541. The highest BCUT2D eigenvalue weighted by molar-refractivity contribution is 5.01. The van der Waals surface area contributed by atoms with Gasteiger partial charge in [-0.3, -0.25) is 0 Å². The van der Waals surface area contributed by atoms with Gasteiger partial charge in [0, 0.05) is 0 Å². The Morgan fingerprint density at radius 2 is 1.50 bits per heavy atom. The topological polar surface area (TPSA) is 0 Å². The summed E-state index contributed by atoms with van der Waals surface area (Å²) in [4.78, 5) is 0. The van der Waals surface area contributed by atoms with Crippen LogP contribution in [-0.4, -0.2) is 0 Å². The van der Waals surface area contributed by atoms with Crippen molar-refractivity contribution in [3.63, 3.8) is 0 Å². The molecule has 7 atom stereocenters. The summed E-state index contributed by atoms with van der Waals surface area (Å²) in [5, 5.41) is 0. The summed E-state index contributed by atoms with van der Waals surface area (Å²) >= 11 is 0. The second-order valence-electron chi connectivity index (χ2n) is 10.6. The molecule has 0 aromatic carbocycles. The third-order valence-corrected chi connectivity index (χ3v) is 7.78. The minimum atomic E-state index is 0.541. The van der Waals surface area contributed by atoms with E-state index in [-0.39, 0.29) is 0 Å². The van der Waals surface area contributed by atoms with Crippen molar-refractivity contribution in [2.24, 2.45) is 52.8 Å². The van der Waals surface area contributed by atoms with E-state index in [0.29, 0.717) is 5.41 Å². The summed E-state index contributed by atoms with van der Waals surface area (Å²) in [5.74, 6) is 7.30.